The third kappa shape index (κ3) is 44.3. The number of carbonyl (C=O) groups is 2. The highest BCUT2D eigenvalue weighted by Crippen LogP contribution is 2.43. The SMILES string of the molecule is CCC/C=C/C/C=C/C/C=C/C/C=C/CCCCCC(=O)OC[C@H](COP(=O)(O)OCCN)OC(=O)CCC/C=C/C/C=C/C/C=C/C/C=C/CCCCCCCCC. The van der Waals surface area contributed by atoms with E-state index in [0.29, 0.717) is 19.3 Å². The predicted molar refractivity (Wildman–Crippen MR) is 247 cm³/mol. The number of hydrogen-bond donors (Lipinski definition) is 2. The van der Waals surface area contributed by atoms with Gasteiger partial charge in [-0.05, 0) is 89.9 Å². The molecule has 0 aliphatic heterocycles. The summed E-state index contributed by atoms with van der Waals surface area (Å²) in [5, 5.41) is 0. The first-order valence-electron chi connectivity index (χ1n) is 22.7. The molecule has 0 rings (SSSR count). The molecule has 0 fully saturated rings. The van der Waals surface area contributed by atoms with Crippen molar-refractivity contribution in [2.45, 2.75) is 174 Å². The maximum absolute atomic E-state index is 12.6. The van der Waals surface area contributed by atoms with Crippen LogP contribution < -0.4 is 5.73 Å². The van der Waals surface area contributed by atoms with E-state index in [0.717, 1.165) is 64.2 Å². The molecular weight excluding hydrogens is 762 g/mol. The summed E-state index contributed by atoms with van der Waals surface area (Å²) < 4.78 is 32.7. The fourth-order valence-electron chi connectivity index (χ4n) is 5.56. The zero-order chi connectivity index (χ0) is 43.2. The number of hydrogen-bond acceptors (Lipinski definition) is 8. The second kappa shape index (κ2) is 44.5. The average molecular weight is 844 g/mol. The van der Waals surface area contributed by atoms with E-state index in [1.54, 1.807) is 0 Å². The molecular formula is C49H82NO8P. The van der Waals surface area contributed by atoms with E-state index in [-0.39, 0.29) is 32.6 Å². The third-order valence-electron chi connectivity index (χ3n) is 8.92. The summed E-state index contributed by atoms with van der Waals surface area (Å²) >= 11 is 0. The smallest absolute Gasteiger partial charge is 0.462 e. The van der Waals surface area contributed by atoms with Gasteiger partial charge >= 0.3 is 19.8 Å². The quantitative estimate of drug-likeness (QED) is 0.0267. The molecule has 0 spiro atoms. The Kier molecular flexibility index (Phi) is 42.2. The molecule has 10 heteroatoms. The molecule has 0 saturated carbocycles. The summed E-state index contributed by atoms with van der Waals surface area (Å²) in [6, 6.07) is 0. The van der Waals surface area contributed by atoms with Gasteiger partial charge in [0.2, 0.25) is 0 Å². The second-order valence-corrected chi connectivity index (χ2v) is 16.0. The van der Waals surface area contributed by atoms with E-state index in [1.165, 1.54) is 57.8 Å². The molecule has 3 N–H and O–H groups in total. The Hall–Kier alpha value is -3.07. The Morgan fingerprint density at radius 1 is 0.508 bits per heavy atom. The monoisotopic (exact) mass is 844 g/mol. The van der Waals surface area contributed by atoms with E-state index >= 15 is 0 Å². The number of ether oxygens (including phenoxy) is 2. The fraction of sp³-hybridized carbons (Fsp3) is 0.633. The lowest BCUT2D eigenvalue weighted by Gasteiger charge is -2.19. The normalized spacial score (nSPS) is 14.2. The van der Waals surface area contributed by atoms with Crippen LogP contribution in [0.25, 0.3) is 0 Å². The maximum Gasteiger partial charge on any atom is 0.472 e. The molecule has 0 amide bonds. The molecule has 0 radical (unpaired) electrons. The number of phosphoric ester groups is 1. The van der Waals surface area contributed by atoms with Crippen molar-refractivity contribution in [3.05, 3.63) is 97.2 Å². The molecule has 0 heterocycles. The fourth-order valence-corrected chi connectivity index (χ4v) is 6.32. The Morgan fingerprint density at radius 2 is 0.932 bits per heavy atom. The molecule has 0 aromatic rings. The average Bonchev–Trinajstić information content (AvgIpc) is 3.22. The zero-order valence-electron chi connectivity index (χ0n) is 36.9. The van der Waals surface area contributed by atoms with Crippen LogP contribution in [-0.2, 0) is 32.7 Å². The van der Waals surface area contributed by atoms with Crippen molar-refractivity contribution in [2.75, 3.05) is 26.4 Å². The summed E-state index contributed by atoms with van der Waals surface area (Å²) in [7, 11) is -4.41. The Bertz CT molecular complexity index is 1280. The standard InChI is InChI=1S/C49H82NO8P/c1-3-5-7-9-11-13-15-17-19-21-22-23-24-26-28-30-32-34-36-38-40-42-49(52)58-47(46-57-59(53,54)56-44-43-50)45-55-48(51)41-39-37-35-33-31-29-27-25-20-18-16-14-12-10-8-6-4-2/h8,10,14,16,19-21,23-25,28-31,34,36,47H,3-7,9,11-13,15,17-18,22,26-27,32-33,35,37-46,50H2,1-2H3,(H,53,54)/b10-8+,16-14+,21-19+,24-23+,25-20+,30-28+,31-29+,36-34+/t47-/m1/s1. The van der Waals surface area contributed by atoms with Gasteiger partial charge in [0.25, 0.3) is 0 Å². The zero-order valence-corrected chi connectivity index (χ0v) is 37.8. The lowest BCUT2D eigenvalue weighted by atomic mass is 10.1. The van der Waals surface area contributed by atoms with Crippen molar-refractivity contribution < 1.29 is 37.6 Å². The first kappa shape index (κ1) is 55.9. The Balaban J connectivity index is 4.31. The molecule has 1 unspecified atom stereocenters. The van der Waals surface area contributed by atoms with Crippen LogP contribution in [0.3, 0.4) is 0 Å². The molecule has 9 nitrogen and oxygen atoms in total. The van der Waals surface area contributed by atoms with Gasteiger partial charge in [0, 0.05) is 19.4 Å². The number of phosphoric acid groups is 1. The van der Waals surface area contributed by atoms with Crippen LogP contribution in [0, 0.1) is 0 Å². The van der Waals surface area contributed by atoms with E-state index in [4.69, 9.17) is 24.3 Å². The molecule has 0 saturated heterocycles. The van der Waals surface area contributed by atoms with Crippen LogP contribution in [0.15, 0.2) is 97.2 Å². The van der Waals surface area contributed by atoms with Crippen LogP contribution in [0.1, 0.15) is 168 Å². The summed E-state index contributed by atoms with van der Waals surface area (Å²) in [5.74, 6) is -0.940. The maximum atomic E-state index is 12.6. The van der Waals surface area contributed by atoms with Crippen molar-refractivity contribution >= 4 is 19.8 Å². The number of carbonyl (C=O) groups excluding carboxylic acids is 2. The number of rotatable bonds is 41. The third-order valence-corrected chi connectivity index (χ3v) is 9.91. The second-order valence-electron chi connectivity index (χ2n) is 14.6. The number of esters is 2. The Labute approximate surface area is 359 Å². The van der Waals surface area contributed by atoms with Crippen molar-refractivity contribution in [1.29, 1.82) is 0 Å². The highest BCUT2D eigenvalue weighted by atomic mass is 31.2. The van der Waals surface area contributed by atoms with E-state index in [2.05, 4.69) is 105 Å². The van der Waals surface area contributed by atoms with Crippen LogP contribution in [0.4, 0.5) is 0 Å². The van der Waals surface area contributed by atoms with E-state index in [1.807, 2.05) is 6.08 Å². The van der Waals surface area contributed by atoms with Gasteiger partial charge in [0.05, 0.1) is 13.2 Å². The van der Waals surface area contributed by atoms with Gasteiger partial charge in [-0.3, -0.25) is 18.6 Å². The topological polar surface area (TPSA) is 134 Å². The minimum Gasteiger partial charge on any atom is -0.462 e. The van der Waals surface area contributed by atoms with Crippen molar-refractivity contribution in [1.82, 2.24) is 0 Å². The Morgan fingerprint density at radius 3 is 1.42 bits per heavy atom. The molecule has 0 aromatic carbocycles. The first-order chi connectivity index (χ1) is 28.8. The van der Waals surface area contributed by atoms with Gasteiger partial charge < -0.3 is 20.1 Å². The molecule has 0 aromatic heterocycles. The molecule has 2 atom stereocenters. The van der Waals surface area contributed by atoms with Gasteiger partial charge in [-0.2, -0.15) is 0 Å². The molecule has 59 heavy (non-hydrogen) atoms. The predicted octanol–water partition coefficient (Wildman–Crippen LogP) is 13.4. The first-order valence-corrected chi connectivity index (χ1v) is 24.2. The number of unbranched alkanes of at least 4 members (excludes halogenated alkanes) is 12. The highest BCUT2D eigenvalue weighted by Gasteiger charge is 2.25. The van der Waals surface area contributed by atoms with Crippen molar-refractivity contribution in [2.24, 2.45) is 5.73 Å². The van der Waals surface area contributed by atoms with Crippen LogP contribution >= 0.6 is 7.82 Å². The molecule has 0 bridgehead atoms. The summed E-state index contributed by atoms with van der Waals surface area (Å²) in [6.07, 6.45) is 57.3. The van der Waals surface area contributed by atoms with Gasteiger partial charge in [-0.25, -0.2) is 4.57 Å². The van der Waals surface area contributed by atoms with Gasteiger partial charge in [-0.1, -0.05) is 162 Å². The van der Waals surface area contributed by atoms with Crippen molar-refractivity contribution in [3.8, 4) is 0 Å². The van der Waals surface area contributed by atoms with E-state index in [9.17, 15) is 19.0 Å². The minimum absolute atomic E-state index is 0.0347. The van der Waals surface area contributed by atoms with Gasteiger partial charge in [0.1, 0.15) is 6.61 Å². The summed E-state index contributed by atoms with van der Waals surface area (Å²) in [4.78, 5) is 34.9. The van der Waals surface area contributed by atoms with Gasteiger partial charge in [-0.15, -0.1) is 0 Å². The lowest BCUT2D eigenvalue weighted by molar-refractivity contribution is -0.161. The molecule has 336 valence electrons. The summed E-state index contributed by atoms with van der Waals surface area (Å²) in [6.45, 7) is 3.54. The highest BCUT2D eigenvalue weighted by molar-refractivity contribution is 7.47. The van der Waals surface area contributed by atoms with Crippen LogP contribution in [-0.4, -0.2) is 49.3 Å². The van der Waals surface area contributed by atoms with Crippen LogP contribution in [0.5, 0.6) is 0 Å². The lowest BCUT2D eigenvalue weighted by Crippen LogP contribution is -2.29. The van der Waals surface area contributed by atoms with Crippen molar-refractivity contribution in [3.63, 3.8) is 0 Å². The molecule has 0 aliphatic rings. The van der Waals surface area contributed by atoms with Gasteiger partial charge in [0.15, 0.2) is 6.10 Å². The van der Waals surface area contributed by atoms with E-state index < -0.39 is 32.5 Å². The largest absolute Gasteiger partial charge is 0.472 e. The van der Waals surface area contributed by atoms with Crippen LogP contribution in [0.2, 0.25) is 0 Å². The molecule has 0 aliphatic carbocycles. The minimum atomic E-state index is -4.41. The summed E-state index contributed by atoms with van der Waals surface area (Å²) in [5.41, 5.74) is 5.34. The number of allylic oxidation sites excluding steroid dienone is 16. The number of nitrogens with two attached hydrogens (primary N) is 1.